The second kappa shape index (κ2) is 14.4. The van der Waals surface area contributed by atoms with Crippen molar-refractivity contribution in [3.05, 3.63) is 96.1 Å². The maximum atomic E-state index is 15.2. The average Bonchev–Trinajstić information content (AvgIpc) is 2.97. The molecular weight excluding hydrogens is 500 g/mol. The van der Waals surface area contributed by atoms with Gasteiger partial charge in [-0.05, 0) is 90.8 Å². The molecule has 1 fully saturated rings. The van der Waals surface area contributed by atoms with Crippen molar-refractivity contribution in [1.82, 2.24) is 4.90 Å². The highest BCUT2D eigenvalue weighted by atomic mass is 19.1. The van der Waals surface area contributed by atoms with Crippen LogP contribution in [-0.2, 0) is 11.2 Å². The van der Waals surface area contributed by atoms with Crippen molar-refractivity contribution in [2.75, 3.05) is 13.6 Å². The van der Waals surface area contributed by atoms with Gasteiger partial charge in [-0.1, -0.05) is 87.7 Å². The number of aryl methyl sites for hydroxylation is 1. The molecule has 212 valence electrons. The van der Waals surface area contributed by atoms with E-state index in [0.29, 0.717) is 25.3 Å². The standard InChI is InChI=1S/C36H43F2NO/c1-4-6-7-9-26-11-14-28(15-12-26)29-16-18-30(19-17-29)31-20-22-33(35(38)25-31)32-21-13-27(24-34(32)37)10-8-23-39(3)36(40)5-2/h5,13,16-22,24-26,28H,2,4,6-12,14-15,23H2,1,3H3. The monoisotopic (exact) mass is 543 g/mol. The summed E-state index contributed by atoms with van der Waals surface area (Å²) in [6.45, 7) is 6.32. The van der Waals surface area contributed by atoms with Crippen LogP contribution in [0.4, 0.5) is 8.78 Å². The predicted molar refractivity (Wildman–Crippen MR) is 162 cm³/mol. The smallest absolute Gasteiger partial charge is 0.245 e. The lowest BCUT2D eigenvalue weighted by Gasteiger charge is -2.29. The third kappa shape index (κ3) is 7.68. The van der Waals surface area contributed by atoms with Crippen LogP contribution in [0.5, 0.6) is 0 Å². The first-order valence-corrected chi connectivity index (χ1v) is 15.0. The molecule has 0 unspecified atom stereocenters. The zero-order chi connectivity index (χ0) is 28.5. The number of carbonyl (C=O) groups excluding carboxylic acids is 1. The maximum Gasteiger partial charge on any atom is 0.245 e. The summed E-state index contributed by atoms with van der Waals surface area (Å²) in [5, 5.41) is 0. The molecule has 1 amide bonds. The fourth-order valence-corrected chi connectivity index (χ4v) is 6.05. The summed E-state index contributed by atoms with van der Waals surface area (Å²) in [6.07, 6.45) is 13.2. The fourth-order valence-electron chi connectivity index (χ4n) is 6.05. The normalized spacial score (nSPS) is 17.0. The second-order valence-corrected chi connectivity index (χ2v) is 11.4. The van der Waals surface area contributed by atoms with Crippen LogP contribution in [0.3, 0.4) is 0 Å². The molecule has 0 atom stereocenters. The molecule has 0 N–H and O–H groups in total. The van der Waals surface area contributed by atoms with E-state index >= 15 is 4.39 Å². The van der Waals surface area contributed by atoms with E-state index < -0.39 is 11.6 Å². The number of likely N-dealkylation sites (N-methyl/N-ethyl adjacent to an activating group) is 1. The number of rotatable bonds is 12. The Labute approximate surface area is 239 Å². The summed E-state index contributed by atoms with van der Waals surface area (Å²) >= 11 is 0. The first-order chi connectivity index (χ1) is 19.4. The molecule has 1 aliphatic carbocycles. The summed E-state index contributed by atoms with van der Waals surface area (Å²) in [7, 11) is 1.72. The van der Waals surface area contributed by atoms with Crippen LogP contribution in [-0.4, -0.2) is 24.4 Å². The summed E-state index contributed by atoms with van der Waals surface area (Å²) in [6, 6.07) is 18.6. The van der Waals surface area contributed by atoms with Gasteiger partial charge in [0.1, 0.15) is 11.6 Å². The second-order valence-electron chi connectivity index (χ2n) is 11.4. The van der Waals surface area contributed by atoms with E-state index in [1.807, 2.05) is 12.1 Å². The lowest BCUT2D eigenvalue weighted by molar-refractivity contribution is -0.124. The molecule has 3 aromatic rings. The van der Waals surface area contributed by atoms with Crippen LogP contribution in [0.2, 0.25) is 0 Å². The zero-order valence-electron chi connectivity index (χ0n) is 24.1. The molecule has 0 saturated heterocycles. The van der Waals surface area contributed by atoms with Crippen molar-refractivity contribution in [3.8, 4) is 22.3 Å². The molecule has 0 aromatic heterocycles. The molecule has 1 aliphatic rings. The van der Waals surface area contributed by atoms with Gasteiger partial charge in [0.2, 0.25) is 5.91 Å². The minimum atomic E-state index is -0.441. The number of carbonyl (C=O) groups is 1. The van der Waals surface area contributed by atoms with Crippen LogP contribution >= 0.6 is 0 Å². The third-order valence-electron chi connectivity index (χ3n) is 8.58. The van der Waals surface area contributed by atoms with Crippen molar-refractivity contribution in [2.24, 2.45) is 5.92 Å². The number of unbranched alkanes of at least 4 members (excludes halogenated alkanes) is 2. The zero-order valence-corrected chi connectivity index (χ0v) is 24.1. The highest BCUT2D eigenvalue weighted by molar-refractivity contribution is 5.86. The van der Waals surface area contributed by atoms with E-state index in [9.17, 15) is 9.18 Å². The highest BCUT2D eigenvalue weighted by Crippen LogP contribution is 2.38. The van der Waals surface area contributed by atoms with E-state index in [1.54, 1.807) is 24.1 Å². The number of hydrogen-bond donors (Lipinski definition) is 0. The minimum Gasteiger partial charge on any atom is -0.342 e. The van der Waals surface area contributed by atoms with Crippen LogP contribution in [0.25, 0.3) is 22.3 Å². The molecule has 0 aliphatic heterocycles. The van der Waals surface area contributed by atoms with Crippen molar-refractivity contribution < 1.29 is 13.6 Å². The van der Waals surface area contributed by atoms with Crippen molar-refractivity contribution in [1.29, 1.82) is 0 Å². The molecule has 2 nitrogen and oxygen atoms in total. The average molecular weight is 544 g/mol. The summed E-state index contributed by atoms with van der Waals surface area (Å²) < 4.78 is 30.2. The van der Waals surface area contributed by atoms with E-state index in [1.165, 1.54) is 75.1 Å². The molecule has 0 radical (unpaired) electrons. The lowest BCUT2D eigenvalue weighted by atomic mass is 9.77. The Kier molecular flexibility index (Phi) is 10.7. The number of hydrogen-bond acceptors (Lipinski definition) is 1. The third-order valence-corrected chi connectivity index (χ3v) is 8.58. The molecule has 1 saturated carbocycles. The largest absolute Gasteiger partial charge is 0.342 e. The lowest BCUT2D eigenvalue weighted by Crippen LogP contribution is -2.25. The Bertz CT molecular complexity index is 1270. The van der Waals surface area contributed by atoms with Gasteiger partial charge in [0.15, 0.2) is 0 Å². The van der Waals surface area contributed by atoms with Gasteiger partial charge in [-0.2, -0.15) is 0 Å². The Morgan fingerprint density at radius 3 is 2.15 bits per heavy atom. The summed E-state index contributed by atoms with van der Waals surface area (Å²) in [5.41, 5.74) is 4.49. The van der Waals surface area contributed by atoms with E-state index in [2.05, 4.69) is 37.8 Å². The quantitative estimate of drug-likeness (QED) is 0.164. The molecule has 0 heterocycles. The van der Waals surface area contributed by atoms with Gasteiger partial charge in [-0.3, -0.25) is 4.79 Å². The van der Waals surface area contributed by atoms with E-state index in [0.717, 1.165) is 22.6 Å². The maximum absolute atomic E-state index is 15.2. The summed E-state index contributed by atoms with van der Waals surface area (Å²) in [4.78, 5) is 13.2. The van der Waals surface area contributed by atoms with Crippen molar-refractivity contribution in [2.45, 2.75) is 77.0 Å². The SMILES string of the molecule is C=CC(=O)N(C)CCCc1ccc(-c2ccc(-c3ccc(C4CCC(CCCCC)CC4)cc3)cc2F)c(F)c1. The first kappa shape index (κ1) is 29.7. The van der Waals surface area contributed by atoms with Gasteiger partial charge < -0.3 is 4.90 Å². The number of halogens is 2. The van der Waals surface area contributed by atoms with Crippen molar-refractivity contribution in [3.63, 3.8) is 0 Å². The molecule has 3 aromatic carbocycles. The Balaban J connectivity index is 1.36. The highest BCUT2D eigenvalue weighted by Gasteiger charge is 2.22. The predicted octanol–water partition coefficient (Wildman–Crippen LogP) is 9.73. The fraction of sp³-hybridized carbons (Fsp3) is 0.417. The van der Waals surface area contributed by atoms with Gasteiger partial charge in [-0.25, -0.2) is 8.78 Å². The molecular formula is C36H43F2NO. The van der Waals surface area contributed by atoms with Gasteiger partial charge in [-0.15, -0.1) is 0 Å². The van der Waals surface area contributed by atoms with Gasteiger partial charge in [0, 0.05) is 24.7 Å². The van der Waals surface area contributed by atoms with Crippen LogP contribution in [0.1, 0.15) is 81.8 Å². The van der Waals surface area contributed by atoms with Gasteiger partial charge in [0.25, 0.3) is 0 Å². The van der Waals surface area contributed by atoms with E-state index in [-0.39, 0.29) is 17.0 Å². The molecule has 0 bridgehead atoms. The Morgan fingerprint density at radius 2 is 1.52 bits per heavy atom. The van der Waals surface area contributed by atoms with Crippen LogP contribution < -0.4 is 0 Å². The van der Waals surface area contributed by atoms with Gasteiger partial charge in [0.05, 0.1) is 0 Å². The topological polar surface area (TPSA) is 20.3 Å². The number of benzene rings is 3. The molecule has 4 heteroatoms. The van der Waals surface area contributed by atoms with Crippen LogP contribution in [0.15, 0.2) is 73.3 Å². The minimum absolute atomic E-state index is 0.133. The summed E-state index contributed by atoms with van der Waals surface area (Å²) in [5.74, 6) is 0.512. The molecule has 0 spiro atoms. The van der Waals surface area contributed by atoms with Gasteiger partial charge >= 0.3 is 0 Å². The Morgan fingerprint density at radius 1 is 0.875 bits per heavy atom. The number of amides is 1. The first-order valence-electron chi connectivity index (χ1n) is 15.0. The number of nitrogens with zero attached hydrogens (tertiary/aromatic N) is 1. The Hall–Kier alpha value is -3.27. The molecule has 4 rings (SSSR count). The van der Waals surface area contributed by atoms with E-state index in [4.69, 9.17) is 0 Å². The molecule has 40 heavy (non-hydrogen) atoms. The van der Waals surface area contributed by atoms with Crippen LogP contribution in [0, 0.1) is 17.6 Å². The van der Waals surface area contributed by atoms with Crippen molar-refractivity contribution >= 4 is 5.91 Å².